The van der Waals surface area contributed by atoms with Crippen LogP contribution < -0.4 is 5.32 Å². The number of nitrogens with one attached hydrogen (secondary N) is 1. The topological polar surface area (TPSA) is 95.1 Å². The van der Waals surface area contributed by atoms with Gasteiger partial charge < -0.3 is 15.0 Å². The van der Waals surface area contributed by atoms with Crippen molar-refractivity contribution in [3.05, 3.63) is 87.7 Å². The highest BCUT2D eigenvalue weighted by atomic mass is 35.5. The molecule has 6 nitrogen and oxygen atoms in total. The Morgan fingerprint density at radius 1 is 1.10 bits per heavy atom. The molecule has 3 aromatic rings. The summed E-state index contributed by atoms with van der Waals surface area (Å²) in [6, 6.07) is 16.9. The van der Waals surface area contributed by atoms with Gasteiger partial charge in [-0.25, -0.2) is 4.79 Å². The standard InChI is InChI=1S/C23H18ClN3O3/c1-14-11-17(15(2)27(14)21-9-5-19(24)6-10-21)12-18(13-25)22(28)26-20-7-3-16(4-8-20)23(29)30/h3-12H,1-2H3,(H,26,28)(H,29,30)/b18-12+. The lowest BCUT2D eigenvalue weighted by Crippen LogP contribution is -2.13. The van der Waals surface area contributed by atoms with E-state index < -0.39 is 11.9 Å². The highest BCUT2D eigenvalue weighted by Crippen LogP contribution is 2.24. The van der Waals surface area contributed by atoms with Gasteiger partial charge in [-0.15, -0.1) is 0 Å². The number of carbonyl (C=O) groups excluding carboxylic acids is 1. The summed E-state index contributed by atoms with van der Waals surface area (Å²) in [5.74, 6) is -1.63. The Bertz CT molecular complexity index is 1180. The third-order valence-corrected chi connectivity index (χ3v) is 4.86. The zero-order valence-corrected chi connectivity index (χ0v) is 17.1. The number of carboxylic acid groups (broad SMARTS) is 1. The molecule has 0 aliphatic rings. The van der Waals surface area contributed by atoms with Crippen molar-refractivity contribution in [2.24, 2.45) is 0 Å². The SMILES string of the molecule is Cc1cc(/C=C(\C#N)C(=O)Nc2ccc(C(=O)O)cc2)c(C)n1-c1ccc(Cl)cc1. The highest BCUT2D eigenvalue weighted by molar-refractivity contribution is 6.30. The number of benzene rings is 2. The minimum atomic E-state index is -1.05. The number of nitriles is 1. The van der Waals surface area contributed by atoms with E-state index in [0.29, 0.717) is 10.7 Å². The molecule has 0 atom stereocenters. The van der Waals surface area contributed by atoms with Gasteiger partial charge in [-0.3, -0.25) is 4.79 Å². The van der Waals surface area contributed by atoms with Crippen LogP contribution in [-0.4, -0.2) is 21.6 Å². The first-order valence-corrected chi connectivity index (χ1v) is 9.39. The minimum Gasteiger partial charge on any atom is -0.478 e. The summed E-state index contributed by atoms with van der Waals surface area (Å²) in [6.07, 6.45) is 1.54. The third kappa shape index (κ3) is 4.43. The van der Waals surface area contributed by atoms with Crippen LogP contribution in [0.3, 0.4) is 0 Å². The van der Waals surface area contributed by atoms with Crippen LogP contribution in [0.2, 0.25) is 5.02 Å². The second-order valence-electron chi connectivity index (χ2n) is 6.64. The molecule has 0 aliphatic carbocycles. The number of amides is 1. The quantitative estimate of drug-likeness (QED) is 0.449. The summed E-state index contributed by atoms with van der Waals surface area (Å²) < 4.78 is 2.01. The molecule has 1 heterocycles. The van der Waals surface area contributed by atoms with Crippen molar-refractivity contribution in [3.63, 3.8) is 0 Å². The summed E-state index contributed by atoms with van der Waals surface area (Å²) in [4.78, 5) is 23.5. The van der Waals surface area contributed by atoms with Crippen molar-refractivity contribution in [2.45, 2.75) is 13.8 Å². The first kappa shape index (κ1) is 20.9. The molecule has 0 fully saturated rings. The normalized spacial score (nSPS) is 11.1. The van der Waals surface area contributed by atoms with Gasteiger partial charge in [0.25, 0.3) is 5.91 Å². The number of carboxylic acids is 1. The second kappa shape index (κ2) is 8.68. The predicted molar refractivity (Wildman–Crippen MR) is 116 cm³/mol. The molecule has 2 N–H and O–H groups in total. The zero-order valence-electron chi connectivity index (χ0n) is 16.3. The molecule has 0 bridgehead atoms. The van der Waals surface area contributed by atoms with Gasteiger partial charge in [-0.2, -0.15) is 5.26 Å². The lowest BCUT2D eigenvalue weighted by Gasteiger charge is -2.09. The van der Waals surface area contributed by atoms with Crippen LogP contribution >= 0.6 is 11.6 Å². The number of aromatic carboxylic acids is 1. The van der Waals surface area contributed by atoms with E-state index in [9.17, 15) is 14.9 Å². The molecule has 1 amide bonds. The summed E-state index contributed by atoms with van der Waals surface area (Å²) in [5, 5.41) is 21.7. The van der Waals surface area contributed by atoms with E-state index >= 15 is 0 Å². The molecular formula is C23H18ClN3O3. The van der Waals surface area contributed by atoms with Crippen LogP contribution in [0, 0.1) is 25.2 Å². The van der Waals surface area contributed by atoms with E-state index in [1.54, 1.807) is 12.1 Å². The fourth-order valence-electron chi connectivity index (χ4n) is 3.12. The van der Waals surface area contributed by atoms with E-state index in [0.717, 1.165) is 22.6 Å². The lowest BCUT2D eigenvalue weighted by molar-refractivity contribution is -0.112. The van der Waals surface area contributed by atoms with E-state index in [2.05, 4.69) is 5.32 Å². The summed E-state index contributed by atoms with van der Waals surface area (Å²) >= 11 is 5.97. The molecule has 0 aliphatic heterocycles. The van der Waals surface area contributed by atoms with Crippen molar-refractivity contribution in [3.8, 4) is 11.8 Å². The molecule has 1 aromatic heterocycles. The first-order valence-electron chi connectivity index (χ1n) is 9.01. The van der Waals surface area contributed by atoms with Gasteiger partial charge in [0, 0.05) is 27.8 Å². The Kier molecular flexibility index (Phi) is 6.05. The lowest BCUT2D eigenvalue weighted by atomic mass is 10.1. The second-order valence-corrected chi connectivity index (χ2v) is 7.08. The smallest absolute Gasteiger partial charge is 0.335 e. The summed E-state index contributed by atoms with van der Waals surface area (Å²) in [7, 11) is 0. The van der Waals surface area contributed by atoms with Gasteiger partial charge >= 0.3 is 5.97 Å². The number of hydrogen-bond donors (Lipinski definition) is 2. The Morgan fingerprint density at radius 3 is 2.30 bits per heavy atom. The minimum absolute atomic E-state index is 0.0614. The third-order valence-electron chi connectivity index (χ3n) is 4.61. The maximum atomic E-state index is 12.5. The maximum Gasteiger partial charge on any atom is 0.335 e. The number of aromatic nitrogens is 1. The van der Waals surface area contributed by atoms with Gasteiger partial charge in [0.05, 0.1) is 5.56 Å². The average Bonchev–Trinajstić information content (AvgIpc) is 3.00. The average molecular weight is 420 g/mol. The molecule has 0 unspecified atom stereocenters. The van der Waals surface area contributed by atoms with Crippen LogP contribution in [0.4, 0.5) is 5.69 Å². The molecule has 30 heavy (non-hydrogen) atoms. The Morgan fingerprint density at radius 2 is 1.73 bits per heavy atom. The number of halogens is 1. The van der Waals surface area contributed by atoms with Crippen LogP contribution in [0.1, 0.15) is 27.3 Å². The number of rotatable bonds is 5. The van der Waals surface area contributed by atoms with Crippen molar-refractivity contribution in [1.82, 2.24) is 4.57 Å². The Hall–Kier alpha value is -3.82. The Balaban J connectivity index is 1.88. The monoisotopic (exact) mass is 419 g/mol. The molecule has 2 aromatic carbocycles. The molecule has 0 saturated heterocycles. The van der Waals surface area contributed by atoms with E-state index in [-0.39, 0.29) is 11.1 Å². The molecule has 3 rings (SSSR count). The van der Waals surface area contributed by atoms with Gasteiger partial charge in [0.1, 0.15) is 11.6 Å². The van der Waals surface area contributed by atoms with Crippen LogP contribution in [0.5, 0.6) is 0 Å². The van der Waals surface area contributed by atoms with Crippen molar-refractivity contribution in [1.29, 1.82) is 5.26 Å². The summed E-state index contributed by atoms with van der Waals surface area (Å²) in [5.41, 5.74) is 3.94. The van der Waals surface area contributed by atoms with Gasteiger partial charge in [0.2, 0.25) is 0 Å². The maximum absolute atomic E-state index is 12.5. The van der Waals surface area contributed by atoms with Crippen LogP contribution in [0.25, 0.3) is 11.8 Å². The predicted octanol–water partition coefficient (Wildman–Crippen LogP) is 4.99. The number of nitrogens with zero attached hydrogens (tertiary/aromatic N) is 2. The van der Waals surface area contributed by atoms with Crippen LogP contribution in [-0.2, 0) is 4.79 Å². The molecule has 0 saturated carbocycles. The summed E-state index contributed by atoms with van der Waals surface area (Å²) in [6.45, 7) is 3.85. The zero-order chi connectivity index (χ0) is 21.8. The molecule has 7 heteroatoms. The molecule has 0 radical (unpaired) electrons. The van der Waals surface area contributed by atoms with Crippen LogP contribution in [0.15, 0.2) is 60.2 Å². The number of anilines is 1. The number of carbonyl (C=O) groups is 2. The number of hydrogen-bond acceptors (Lipinski definition) is 3. The van der Waals surface area contributed by atoms with Crippen molar-refractivity contribution in [2.75, 3.05) is 5.32 Å². The van der Waals surface area contributed by atoms with E-state index in [1.807, 2.05) is 42.7 Å². The fraction of sp³-hybridized carbons (Fsp3) is 0.0870. The molecule has 0 spiro atoms. The molecular weight excluding hydrogens is 402 g/mol. The molecule has 150 valence electrons. The van der Waals surface area contributed by atoms with Gasteiger partial charge in [0.15, 0.2) is 0 Å². The fourth-order valence-corrected chi connectivity index (χ4v) is 3.25. The van der Waals surface area contributed by atoms with E-state index in [4.69, 9.17) is 16.7 Å². The number of aryl methyl sites for hydroxylation is 1. The Labute approximate surface area is 178 Å². The van der Waals surface area contributed by atoms with Crippen molar-refractivity contribution >= 4 is 35.2 Å². The van der Waals surface area contributed by atoms with Crippen molar-refractivity contribution < 1.29 is 14.7 Å². The van der Waals surface area contributed by atoms with E-state index in [1.165, 1.54) is 30.3 Å². The first-order chi connectivity index (χ1) is 14.3. The van der Waals surface area contributed by atoms with Gasteiger partial charge in [-0.05, 0) is 80.1 Å². The largest absolute Gasteiger partial charge is 0.478 e. The highest BCUT2D eigenvalue weighted by Gasteiger charge is 2.14. The van der Waals surface area contributed by atoms with Gasteiger partial charge in [-0.1, -0.05) is 11.6 Å².